The maximum Gasteiger partial charge on any atom is 0.224 e. The molecule has 0 aliphatic carbocycles. The molecule has 1 aromatic carbocycles. The van der Waals surface area contributed by atoms with Crippen LogP contribution in [0, 0.1) is 0 Å². The van der Waals surface area contributed by atoms with E-state index in [0.717, 1.165) is 25.3 Å². The van der Waals surface area contributed by atoms with Crippen molar-refractivity contribution in [1.29, 1.82) is 0 Å². The van der Waals surface area contributed by atoms with Crippen LogP contribution in [-0.2, 0) is 4.79 Å². The maximum atomic E-state index is 11.9. The zero-order valence-corrected chi connectivity index (χ0v) is 13.8. The quantitative estimate of drug-likeness (QED) is 0.685. The molecule has 6 heteroatoms. The number of carbonyl (C=O) groups is 1. The Balaban J connectivity index is 2.37. The molecule has 21 heavy (non-hydrogen) atoms. The number of methoxy groups -OCH3 is 1. The Morgan fingerprint density at radius 3 is 2.86 bits per heavy atom. The van der Waals surface area contributed by atoms with E-state index in [1.807, 2.05) is 11.8 Å². The number of nitrogens with one attached hydrogen (secondary N) is 1. The molecule has 0 aliphatic rings. The van der Waals surface area contributed by atoms with Crippen LogP contribution in [0.3, 0.4) is 0 Å². The van der Waals surface area contributed by atoms with Gasteiger partial charge < -0.3 is 20.7 Å². The largest absolute Gasteiger partial charge is 0.494 e. The summed E-state index contributed by atoms with van der Waals surface area (Å²) >= 11 is 1.83. The Hall–Kier alpha value is -1.40. The first-order valence-electron chi connectivity index (χ1n) is 6.97. The second kappa shape index (κ2) is 9.52. The van der Waals surface area contributed by atoms with Crippen LogP contribution in [0.1, 0.15) is 12.8 Å². The number of anilines is 2. The lowest BCUT2D eigenvalue weighted by Gasteiger charge is -2.15. The molecule has 0 aromatic heterocycles. The molecule has 0 spiro atoms. The van der Waals surface area contributed by atoms with E-state index in [1.54, 1.807) is 25.3 Å². The number of amides is 1. The molecule has 0 heterocycles. The summed E-state index contributed by atoms with van der Waals surface area (Å²) in [5.74, 6) is 1.70. The van der Waals surface area contributed by atoms with E-state index in [2.05, 4.69) is 23.5 Å². The van der Waals surface area contributed by atoms with Gasteiger partial charge in [0, 0.05) is 30.5 Å². The smallest absolute Gasteiger partial charge is 0.224 e. The fraction of sp³-hybridized carbons (Fsp3) is 0.533. The van der Waals surface area contributed by atoms with Gasteiger partial charge in [-0.15, -0.1) is 0 Å². The average Bonchev–Trinajstić information content (AvgIpc) is 2.46. The minimum absolute atomic E-state index is 0.00339. The van der Waals surface area contributed by atoms with E-state index in [-0.39, 0.29) is 5.91 Å². The number of carbonyl (C=O) groups excluding carboxylic acids is 1. The van der Waals surface area contributed by atoms with Gasteiger partial charge in [0.25, 0.3) is 0 Å². The zero-order chi connectivity index (χ0) is 15.7. The summed E-state index contributed by atoms with van der Waals surface area (Å²) in [5, 5.41) is 2.86. The summed E-state index contributed by atoms with van der Waals surface area (Å²) in [6.45, 7) is 1.97. The normalized spacial score (nSPS) is 10.7. The van der Waals surface area contributed by atoms with Crippen LogP contribution in [0.2, 0.25) is 0 Å². The number of nitrogens with zero attached hydrogens (tertiary/aromatic N) is 1. The van der Waals surface area contributed by atoms with E-state index in [0.29, 0.717) is 23.5 Å². The minimum atomic E-state index is -0.00339. The zero-order valence-electron chi connectivity index (χ0n) is 13.0. The van der Waals surface area contributed by atoms with Gasteiger partial charge in [-0.1, -0.05) is 0 Å². The molecule has 0 radical (unpaired) electrons. The number of rotatable bonds is 9. The molecule has 0 saturated carbocycles. The SMILES string of the molecule is COc1cc(N)ccc1NC(=O)CCCN(C)CCSC. The lowest BCUT2D eigenvalue weighted by Crippen LogP contribution is -2.23. The van der Waals surface area contributed by atoms with Crippen molar-refractivity contribution in [2.24, 2.45) is 0 Å². The third-order valence-electron chi connectivity index (χ3n) is 3.12. The summed E-state index contributed by atoms with van der Waals surface area (Å²) in [7, 11) is 3.64. The molecular formula is C15H25N3O2S. The summed E-state index contributed by atoms with van der Waals surface area (Å²) < 4.78 is 5.21. The highest BCUT2D eigenvalue weighted by molar-refractivity contribution is 7.98. The predicted octanol–water partition coefficient (Wildman–Crippen LogP) is 2.29. The van der Waals surface area contributed by atoms with Crippen LogP contribution < -0.4 is 15.8 Å². The average molecular weight is 311 g/mol. The molecule has 5 nitrogen and oxygen atoms in total. The van der Waals surface area contributed by atoms with E-state index in [9.17, 15) is 4.79 Å². The minimum Gasteiger partial charge on any atom is -0.494 e. The Kier molecular flexibility index (Phi) is 8.00. The lowest BCUT2D eigenvalue weighted by atomic mass is 10.2. The number of ether oxygens (including phenoxy) is 1. The van der Waals surface area contributed by atoms with Crippen molar-refractivity contribution in [2.45, 2.75) is 12.8 Å². The lowest BCUT2D eigenvalue weighted by molar-refractivity contribution is -0.116. The second-order valence-corrected chi connectivity index (χ2v) is 5.89. The summed E-state index contributed by atoms with van der Waals surface area (Å²) in [4.78, 5) is 14.2. The molecule has 0 atom stereocenters. The molecule has 118 valence electrons. The first-order chi connectivity index (χ1) is 10.1. The van der Waals surface area contributed by atoms with Crippen LogP contribution in [0.4, 0.5) is 11.4 Å². The van der Waals surface area contributed by atoms with Gasteiger partial charge in [0.1, 0.15) is 5.75 Å². The molecule has 1 rings (SSSR count). The third-order valence-corrected chi connectivity index (χ3v) is 3.71. The molecule has 1 amide bonds. The number of nitrogen functional groups attached to an aromatic ring is 1. The van der Waals surface area contributed by atoms with Crippen LogP contribution >= 0.6 is 11.8 Å². The van der Waals surface area contributed by atoms with Crippen molar-refractivity contribution in [1.82, 2.24) is 4.90 Å². The van der Waals surface area contributed by atoms with Crippen molar-refractivity contribution in [3.8, 4) is 5.75 Å². The second-order valence-electron chi connectivity index (χ2n) is 4.91. The molecule has 0 bridgehead atoms. The molecule has 0 saturated heterocycles. The van der Waals surface area contributed by atoms with Gasteiger partial charge in [0.2, 0.25) is 5.91 Å². The van der Waals surface area contributed by atoms with Crippen LogP contribution in [0.25, 0.3) is 0 Å². The van der Waals surface area contributed by atoms with Crippen molar-refractivity contribution in [2.75, 3.05) is 50.3 Å². The van der Waals surface area contributed by atoms with E-state index < -0.39 is 0 Å². The number of hydrogen-bond acceptors (Lipinski definition) is 5. The number of thioether (sulfide) groups is 1. The van der Waals surface area contributed by atoms with Gasteiger partial charge in [-0.05, 0) is 38.4 Å². The van der Waals surface area contributed by atoms with E-state index >= 15 is 0 Å². The molecule has 0 aliphatic heterocycles. The first-order valence-corrected chi connectivity index (χ1v) is 8.37. The van der Waals surface area contributed by atoms with Crippen molar-refractivity contribution >= 4 is 29.0 Å². The Labute approximate surface area is 131 Å². The number of hydrogen-bond donors (Lipinski definition) is 2. The van der Waals surface area contributed by atoms with Gasteiger partial charge in [-0.2, -0.15) is 11.8 Å². The van der Waals surface area contributed by atoms with E-state index in [4.69, 9.17) is 10.5 Å². The third kappa shape index (κ3) is 6.73. The fourth-order valence-electron chi connectivity index (χ4n) is 1.89. The molecule has 0 unspecified atom stereocenters. The fourth-order valence-corrected chi connectivity index (χ4v) is 2.39. The van der Waals surface area contributed by atoms with Crippen LogP contribution in [0.15, 0.2) is 18.2 Å². The van der Waals surface area contributed by atoms with Gasteiger partial charge >= 0.3 is 0 Å². The van der Waals surface area contributed by atoms with Gasteiger partial charge in [0.15, 0.2) is 0 Å². The highest BCUT2D eigenvalue weighted by Crippen LogP contribution is 2.26. The first kappa shape index (κ1) is 17.7. The highest BCUT2D eigenvalue weighted by Gasteiger charge is 2.08. The Morgan fingerprint density at radius 2 is 2.19 bits per heavy atom. The van der Waals surface area contributed by atoms with Gasteiger partial charge in [0.05, 0.1) is 12.8 Å². The number of nitrogens with two attached hydrogens (primary N) is 1. The van der Waals surface area contributed by atoms with Gasteiger partial charge in [-0.3, -0.25) is 4.79 Å². The predicted molar refractivity (Wildman–Crippen MR) is 91.1 cm³/mol. The van der Waals surface area contributed by atoms with Gasteiger partial charge in [-0.25, -0.2) is 0 Å². The Morgan fingerprint density at radius 1 is 1.43 bits per heavy atom. The summed E-state index contributed by atoms with van der Waals surface area (Å²) in [6.07, 6.45) is 3.44. The van der Waals surface area contributed by atoms with Crippen molar-refractivity contribution < 1.29 is 9.53 Å². The standard InChI is InChI=1S/C15H25N3O2S/c1-18(9-10-21-3)8-4-5-15(19)17-13-7-6-12(16)11-14(13)20-2/h6-7,11H,4-5,8-10,16H2,1-3H3,(H,17,19). The Bertz CT molecular complexity index is 455. The summed E-state index contributed by atoms with van der Waals surface area (Å²) in [6, 6.07) is 5.21. The van der Waals surface area contributed by atoms with E-state index in [1.165, 1.54) is 0 Å². The van der Waals surface area contributed by atoms with Crippen LogP contribution in [-0.4, -0.2) is 50.1 Å². The monoisotopic (exact) mass is 311 g/mol. The molecule has 0 fully saturated rings. The van der Waals surface area contributed by atoms with Crippen molar-refractivity contribution in [3.63, 3.8) is 0 Å². The van der Waals surface area contributed by atoms with Crippen molar-refractivity contribution in [3.05, 3.63) is 18.2 Å². The molecule has 1 aromatic rings. The van der Waals surface area contributed by atoms with Crippen LogP contribution in [0.5, 0.6) is 5.75 Å². The maximum absolute atomic E-state index is 11.9. The summed E-state index contributed by atoms with van der Waals surface area (Å²) in [5.41, 5.74) is 6.96. The molecular weight excluding hydrogens is 286 g/mol. The topological polar surface area (TPSA) is 67.6 Å². The highest BCUT2D eigenvalue weighted by atomic mass is 32.2. The number of benzene rings is 1. The molecule has 3 N–H and O–H groups in total.